The van der Waals surface area contributed by atoms with Crippen molar-refractivity contribution in [1.29, 1.82) is 0 Å². The van der Waals surface area contributed by atoms with Gasteiger partial charge in [-0.05, 0) is 44.2 Å². The lowest BCUT2D eigenvalue weighted by Gasteiger charge is -2.33. The minimum absolute atomic E-state index is 0.00601. The van der Waals surface area contributed by atoms with Crippen LogP contribution in [0, 0.1) is 0 Å². The summed E-state index contributed by atoms with van der Waals surface area (Å²) in [5.41, 5.74) is 2.37. The van der Waals surface area contributed by atoms with Crippen LogP contribution in [0.1, 0.15) is 50.2 Å². The smallest absolute Gasteiger partial charge is 0.305 e. The van der Waals surface area contributed by atoms with Gasteiger partial charge in [-0.1, -0.05) is 24.3 Å². The Morgan fingerprint density at radius 1 is 1.38 bits per heavy atom. The molecule has 4 nitrogen and oxygen atoms in total. The number of hydrogen-bond acceptors (Lipinski definition) is 2. The molecule has 0 radical (unpaired) electrons. The molecule has 0 aliphatic heterocycles. The van der Waals surface area contributed by atoms with E-state index in [9.17, 15) is 9.59 Å². The maximum atomic E-state index is 12.8. The molecule has 1 aromatic rings. The van der Waals surface area contributed by atoms with Crippen LogP contribution >= 0.6 is 0 Å². The maximum Gasteiger partial charge on any atom is 0.305 e. The lowest BCUT2D eigenvalue weighted by atomic mass is 9.82. The Morgan fingerprint density at radius 3 is 2.76 bits per heavy atom. The Morgan fingerprint density at radius 2 is 2.10 bits per heavy atom. The van der Waals surface area contributed by atoms with Crippen molar-refractivity contribution >= 4 is 11.9 Å². The number of aryl methyl sites for hydroxylation is 1. The van der Waals surface area contributed by atoms with Crippen LogP contribution in [-0.2, 0) is 16.0 Å². The molecule has 0 aromatic heterocycles. The van der Waals surface area contributed by atoms with Crippen LogP contribution in [0.15, 0.2) is 24.3 Å². The summed E-state index contributed by atoms with van der Waals surface area (Å²) in [6.45, 7) is 4.27. The first kappa shape index (κ1) is 15.5. The molecule has 0 saturated carbocycles. The summed E-state index contributed by atoms with van der Waals surface area (Å²) < 4.78 is 0. The molecule has 1 aromatic carbocycles. The summed E-state index contributed by atoms with van der Waals surface area (Å²) in [4.78, 5) is 25.4. The molecule has 4 heteroatoms. The lowest BCUT2D eigenvalue weighted by Crippen LogP contribution is -2.43. The van der Waals surface area contributed by atoms with E-state index in [1.54, 1.807) is 4.90 Å². The van der Waals surface area contributed by atoms with E-state index in [-0.39, 0.29) is 24.3 Å². The highest BCUT2D eigenvalue weighted by atomic mass is 16.4. The predicted molar refractivity (Wildman–Crippen MR) is 81.2 cm³/mol. The van der Waals surface area contributed by atoms with Gasteiger partial charge in [-0.25, -0.2) is 0 Å². The molecule has 0 bridgehead atoms. The van der Waals surface area contributed by atoms with Crippen LogP contribution < -0.4 is 0 Å². The number of amides is 1. The Kier molecular flexibility index (Phi) is 4.99. The number of hydrogen-bond donors (Lipinski definition) is 1. The standard InChI is InChI=1S/C17H23NO3/c1-3-18(12(2)11-16(19)20)17(21)15-10-6-8-13-7-4-5-9-14(13)15/h4-5,7,9,12,15H,3,6,8,10-11H2,1-2H3,(H,19,20). The normalized spacial score (nSPS) is 18.7. The number of carbonyl (C=O) groups is 2. The molecule has 2 atom stereocenters. The zero-order valence-electron chi connectivity index (χ0n) is 12.7. The van der Waals surface area contributed by atoms with E-state index in [0.29, 0.717) is 6.54 Å². The van der Waals surface area contributed by atoms with Crippen LogP contribution in [0.2, 0.25) is 0 Å². The van der Waals surface area contributed by atoms with Crippen molar-refractivity contribution in [1.82, 2.24) is 4.90 Å². The second kappa shape index (κ2) is 6.74. The third kappa shape index (κ3) is 3.43. The number of carboxylic acids is 1. The van der Waals surface area contributed by atoms with Gasteiger partial charge in [0.1, 0.15) is 0 Å². The van der Waals surface area contributed by atoms with Gasteiger partial charge in [-0.2, -0.15) is 0 Å². The number of aliphatic carboxylic acids is 1. The second-order valence-electron chi connectivity index (χ2n) is 5.71. The molecule has 114 valence electrons. The van der Waals surface area contributed by atoms with Gasteiger partial charge in [0.25, 0.3) is 0 Å². The van der Waals surface area contributed by atoms with Gasteiger partial charge in [0.15, 0.2) is 0 Å². The molecular weight excluding hydrogens is 266 g/mol. The highest BCUT2D eigenvalue weighted by Gasteiger charge is 2.31. The average Bonchev–Trinajstić information content (AvgIpc) is 2.46. The summed E-state index contributed by atoms with van der Waals surface area (Å²) in [6, 6.07) is 7.84. The van der Waals surface area contributed by atoms with E-state index < -0.39 is 5.97 Å². The number of carbonyl (C=O) groups excluding carboxylic acids is 1. The Balaban J connectivity index is 2.21. The molecule has 1 aliphatic carbocycles. The number of rotatable bonds is 5. The highest BCUT2D eigenvalue weighted by Crippen LogP contribution is 2.33. The van der Waals surface area contributed by atoms with Gasteiger partial charge in [0.05, 0.1) is 12.3 Å². The minimum Gasteiger partial charge on any atom is -0.481 e. The Bertz CT molecular complexity index is 527. The van der Waals surface area contributed by atoms with E-state index in [0.717, 1.165) is 24.8 Å². The molecule has 0 heterocycles. The summed E-state index contributed by atoms with van der Waals surface area (Å²) in [6.07, 6.45) is 2.88. The van der Waals surface area contributed by atoms with Crippen LogP contribution in [-0.4, -0.2) is 34.5 Å². The van der Waals surface area contributed by atoms with Gasteiger partial charge in [0.2, 0.25) is 5.91 Å². The topological polar surface area (TPSA) is 57.6 Å². The Labute approximate surface area is 125 Å². The largest absolute Gasteiger partial charge is 0.481 e. The van der Waals surface area contributed by atoms with Crippen molar-refractivity contribution in [2.75, 3.05) is 6.54 Å². The van der Waals surface area contributed by atoms with Crippen molar-refractivity contribution in [3.8, 4) is 0 Å². The third-order valence-electron chi connectivity index (χ3n) is 4.29. The number of nitrogens with zero attached hydrogens (tertiary/aromatic N) is 1. The summed E-state index contributed by atoms with van der Waals surface area (Å²) in [5.74, 6) is -0.915. The van der Waals surface area contributed by atoms with Crippen LogP contribution in [0.25, 0.3) is 0 Å². The number of carboxylic acid groups (broad SMARTS) is 1. The number of fused-ring (bicyclic) bond motifs is 1. The summed E-state index contributed by atoms with van der Waals surface area (Å²) in [7, 11) is 0. The monoisotopic (exact) mass is 289 g/mol. The molecular formula is C17H23NO3. The van der Waals surface area contributed by atoms with Crippen molar-refractivity contribution in [3.05, 3.63) is 35.4 Å². The average molecular weight is 289 g/mol. The van der Waals surface area contributed by atoms with E-state index in [2.05, 4.69) is 6.07 Å². The highest BCUT2D eigenvalue weighted by molar-refractivity contribution is 5.85. The first-order valence-corrected chi connectivity index (χ1v) is 7.64. The van der Waals surface area contributed by atoms with Gasteiger partial charge in [-0.3, -0.25) is 9.59 Å². The molecule has 1 N–H and O–H groups in total. The molecule has 0 spiro atoms. The molecule has 1 amide bonds. The quantitative estimate of drug-likeness (QED) is 0.906. The molecule has 21 heavy (non-hydrogen) atoms. The van der Waals surface area contributed by atoms with Crippen molar-refractivity contribution in [2.24, 2.45) is 0 Å². The van der Waals surface area contributed by atoms with E-state index in [1.807, 2.05) is 32.0 Å². The number of benzene rings is 1. The molecule has 0 fully saturated rings. The second-order valence-corrected chi connectivity index (χ2v) is 5.71. The SMILES string of the molecule is CCN(C(=O)C1CCCc2ccccc21)C(C)CC(=O)O. The van der Waals surface area contributed by atoms with Gasteiger partial charge in [0, 0.05) is 12.6 Å². The fourth-order valence-electron chi connectivity index (χ4n) is 3.26. The zero-order valence-corrected chi connectivity index (χ0v) is 12.7. The van der Waals surface area contributed by atoms with Gasteiger partial charge < -0.3 is 10.0 Å². The van der Waals surface area contributed by atoms with Crippen LogP contribution in [0.5, 0.6) is 0 Å². The number of likely N-dealkylation sites (N-methyl/N-ethyl adjacent to an activating group) is 1. The minimum atomic E-state index is -0.863. The summed E-state index contributed by atoms with van der Waals surface area (Å²) >= 11 is 0. The summed E-state index contributed by atoms with van der Waals surface area (Å²) in [5, 5.41) is 8.94. The van der Waals surface area contributed by atoms with Gasteiger partial charge in [-0.15, -0.1) is 0 Å². The molecule has 2 unspecified atom stereocenters. The van der Waals surface area contributed by atoms with E-state index >= 15 is 0 Å². The predicted octanol–water partition coefficient (Wildman–Crippen LogP) is 2.82. The molecule has 0 saturated heterocycles. The fourth-order valence-corrected chi connectivity index (χ4v) is 3.26. The van der Waals surface area contributed by atoms with Crippen LogP contribution in [0.4, 0.5) is 0 Å². The van der Waals surface area contributed by atoms with Crippen molar-refractivity contribution in [3.63, 3.8) is 0 Å². The molecule has 1 aliphatic rings. The van der Waals surface area contributed by atoms with E-state index in [1.165, 1.54) is 5.56 Å². The molecule has 2 rings (SSSR count). The fraction of sp³-hybridized carbons (Fsp3) is 0.529. The first-order chi connectivity index (χ1) is 10.0. The lowest BCUT2D eigenvalue weighted by molar-refractivity contribution is -0.141. The van der Waals surface area contributed by atoms with Crippen molar-refractivity contribution in [2.45, 2.75) is 51.5 Å². The van der Waals surface area contributed by atoms with Crippen LogP contribution in [0.3, 0.4) is 0 Å². The third-order valence-corrected chi connectivity index (χ3v) is 4.29. The first-order valence-electron chi connectivity index (χ1n) is 7.64. The van der Waals surface area contributed by atoms with E-state index in [4.69, 9.17) is 5.11 Å². The van der Waals surface area contributed by atoms with Crippen molar-refractivity contribution < 1.29 is 14.7 Å². The zero-order chi connectivity index (χ0) is 15.4. The van der Waals surface area contributed by atoms with Gasteiger partial charge >= 0.3 is 5.97 Å². The Hall–Kier alpha value is -1.84. The maximum absolute atomic E-state index is 12.8.